The van der Waals surface area contributed by atoms with Crippen molar-refractivity contribution in [1.29, 1.82) is 0 Å². The second kappa shape index (κ2) is 4.06. The van der Waals surface area contributed by atoms with E-state index in [0.717, 1.165) is 11.1 Å². The van der Waals surface area contributed by atoms with Crippen LogP contribution in [-0.4, -0.2) is 20.2 Å². The van der Waals surface area contributed by atoms with Gasteiger partial charge in [-0.25, -0.2) is 0 Å². The Hall–Kier alpha value is -2.08. The summed E-state index contributed by atoms with van der Waals surface area (Å²) in [5, 5.41) is 10.7. The molecule has 0 unspecified atom stereocenters. The molecule has 0 radical (unpaired) electrons. The number of aromatic amines is 1. The van der Waals surface area contributed by atoms with Gasteiger partial charge >= 0.3 is 0 Å². The van der Waals surface area contributed by atoms with Crippen LogP contribution in [0.4, 0.5) is 5.82 Å². The second-order valence-corrected chi connectivity index (χ2v) is 3.74. The minimum atomic E-state index is 0.170. The van der Waals surface area contributed by atoms with E-state index in [1.165, 1.54) is 0 Å². The number of rotatable bonds is 3. The molecule has 0 aliphatic heterocycles. The molecule has 0 atom stereocenters. The summed E-state index contributed by atoms with van der Waals surface area (Å²) < 4.78 is 5.22. The van der Waals surface area contributed by atoms with Crippen LogP contribution in [-0.2, 0) is 6.54 Å². The van der Waals surface area contributed by atoms with Gasteiger partial charge in [0, 0.05) is 0 Å². The summed E-state index contributed by atoms with van der Waals surface area (Å²) in [6.07, 6.45) is 3.27. The number of aromatic nitrogens is 4. The van der Waals surface area contributed by atoms with Crippen LogP contribution in [0, 0.1) is 0 Å². The maximum atomic E-state index is 5.81. The van der Waals surface area contributed by atoms with Crippen LogP contribution < -0.4 is 5.32 Å². The van der Waals surface area contributed by atoms with Crippen LogP contribution in [0.15, 0.2) is 29.0 Å². The molecule has 6 nitrogen and oxygen atoms in total. The average Bonchev–Trinajstić information content (AvgIpc) is 2.95. The molecule has 0 amide bonds. The highest BCUT2D eigenvalue weighted by atomic mass is 35.5. The summed E-state index contributed by atoms with van der Waals surface area (Å²) in [5.41, 5.74) is 0.604. The number of furan rings is 1. The molecule has 0 aliphatic rings. The van der Waals surface area contributed by atoms with Crippen molar-refractivity contribution in [3.05, 3.63) is 35.6 Å². The minimum Gasteiger partial charge on any atom is -0.467 e. The van der Waals surface area contributed by atoms with Gasteiger partial charge in [0.2, 0.25) is 5.28 Å². The SMILES string of the molecule is Clc1nc(NCc2ccco2)c2cn[nH]c2n1. The van der Waals surface area contributed by atoms with Gasteiger partial charge in [-0.15, -0.1) is 0 Å². The summed E-state index contributed by atoms with van der Waals surface area (Å²) in [5.74, 6) is 1.45. The van der Waals surface area contributed by atoms with Crippen molar-refractivity contribution in [2.24, 2.45) is 0 Å². The third kappa shape index (κ3) is 1.94. The summed E-state index contributed by atoms with van der Waals surface area (Å²) in [4.78, 5) is 8.13. The predicted octanol–water partition coefficient (Wildman–Crippen LogP) is 2.21. The van der Waals surface area contributed by atoms with E-state index in [-0.39, 0.29) is 5.28 Å². The lowest BCUT2D eigenvalue weighted by Crippen LogP contribution is -2.01. The smallest absolute Gasteiger partial charge is 0.226 e. The van der Waals surface area contributed by atoms with Crippen molar-refractivity contribution in [3.8, 4) is 0 Å². The van der Waals surface area contributed by atoms with E-state index in [4.69, 9.17) is 16.0 Å². The third-order valence-corrected chi connectivity index (χ3v) is 2.46. The zero-order chi connectivity index (χ0) is 11.7. The molecular weight excluding hydrogens is 242 g/mol. The van der Waals surface area contributed by atoms with E-state index in [1.807, 2.05) is 12.1 Å². The molecule has 0 aromatic carbocycles. The van der Waals surface area contributed by atoms with Gasteiger partial charge in [0.15, 0.2) is 5.65 Å². The fourth-order valence-electron chi connectivity index (χ4n) is 1.53. The Morgan fingerprint density at radius 1 is 1.41 bits per heavy atom. The van der Waals surface area contributed by atoms with Crippen LogP contribution in [0.2, 0.25) is 5.28 Å². The number of H-pyrrole nitrogens is 1. The van der Waals surface area contributed by atoms with Crippen molar-refractivity contribution in [2.45, 2.75) is 6.54 Å². The van der Waals surface area contributed by atoms with Crippen molar-refractivity contribution in [3.63, 3.8) is 0 Å². The van der Waals surface area contributed by atoms with Crippen LogP contribution in [0.3, 0.4) is 0 Å². The first-order valence-electron chi connectivity index (χ1n) is 4.96. The Bertz CT molecular complexity index is 633. The van der Waals surface area contributed by atoms with Crippen molar-refractivity contribution >= 4 is 28.5 Å². The number of nitrogens with one attached hydrogen (secondary N) is 2. The lowest BCUT2D eigenvalue weighted by atomic mass is 10.4. The maximum absolute atomic E-state index is 5.81. The summed E-state index contributed by atoms with van der Waals surface area (Å²) in [6.45, 7) is 0.528. The number of hydrogen-bond acceptors (Lipinski definition) is 5. The molecule has 86 valence electrons. The molecule has 17 heavy (non-hydrogen) atoms. The molecule has 0 saturated heterocycles. The van der Waals surface area contributed by atoms with E-state index in [9.17, 15) is 0 Å². The number of nitrogens with zero attached hydrogens (tertiary/aromatic N) is 3. The number of fused-ring (bicyclic) bond motifs is 1. The largest absolute Gasteiger partial charge is 0.467 e. The van der Waals surface area contributed by atoms with Crippen LogP contribution in [0.5, 0.6) is 0 Å². The first-order valence-corrected chi connectivity index (χ1v) is 5.33. The lowest BCUT2D eigenvalue weighted by Gasteiger charge is -2.04. The fourth-order valence-corrected chi connectivity index (χ4v) is 1.70. The van der Waals surface area contributed by atoms with Gasteiger partial charge in [-0.2, -0.15) is 15.1 Å². The Kier molecular flexibility index (Phi) is 2.41. The first-order chi connectivity index (χ1) is 8.33. The van der Waals surface area contributed by atoms with Gasteiger partial charge < -0.3 is 9.73 Å². The molecule has 3 heterocycles. The molecule has 3 rings (SSSR count). The van der Waals surface area contributed by atoms with Crippen molar-refractivity contribution in [1.82, 2.24) is 20.2 Å². The molecule has 0 bridgehead atoms. The average molecular weight is 250 g/mol. The Labute approximate surface area is 101 Å². The Balaban J connectivity index is 1.91. The first kappa shape index (κ1) is 10.1. The summed E-state index contributed by atoms with van der Waals surface area (Å²) in [7, 11) is 0. The highest BCUT2D eigenvalue weighted by Crippen LogP contribution is 2.20. The van der Waals surface area contributed by atoms with E-state index >= 15 is 0 Å². The predicted molar refractivity (Wildman–Crippen MR) is 62.7 cm³/mol. The maximum Gasteiger partial charge on any atom is 0.226 e. The lowest BCUT2D eigenvalue weighted by molar-refractivity contribution is 0.518. The highest BCUT2D eigenvalue weighted by Gasteiger charge is 2.08. The van der Waals surface area contributed by atoms with Crippen molar-refractivity contribution in [2.75, 3.05) is 5.32 Å². The number of anilines is 1. The Morgan fingerprint density at radius 2 is 2.35 bits per heavy atom. The topological polar surface area (TPSA) is 79.6 Å². The molecule has 2 N–H and O–H groups in total. The molecule has 3 aromatic heterocycles. The van der Waals surface area contributed by atoms with Gasteiger partial charge in [0.25, 0.3) is 0 Å². The highest BCUT2D eigenvalue weighted by molar-refractivity contribution is 6.28. The monoisotopic (exact) mass is 249 g/mol. The van der Waals surface area contributed by atoms with E-state index in [1.54, 1.807) is 12.5 Å². The van der Waals surface area contributed by atoms with Gasteiger partial charge in [0.1, 0.15) is 11.6 Å². The zero-order valence-corrected chi connectivity index (χ0v) is 9.40. The number of hydrogen-bond donors (Lipinski definition) is 2. The normalized spacial score (nSPS) is 10.9. The quantitative estimate of drug-likeness (QED) is 0.696. The van der Waals surface area contributed by atoms with Gasteiger partial charge in [-0.05, 0) is 23.7 Å². The molecule has 0 saturated carbocycles. The van der Waals surface area contributed by atoms with E-state index in [0.29, 0.717) is 18.0 Å². The summed E-state index contributed by atoms with van der Waals surface area (Å²) in [6, 6.07) is 3.71. The van der Waals surface area contributed by atoms with E-state index in [2.05, 4.69) is 25.5 Å². The molecule has 7 heteroatoms. The molecular formula is C10H8ClN5O. The third-order valence-electron chi connectivity index (χ3n) is 2.29. The molecule has 3 aromatic rings. The molecule has 0 aliphatic carbocycles. The molecule has 0 spiro atoms. The van der Waals surface area contributed by atoms with Gasteiger partial charge in [-0.1, -0.05) is 0 Å². The van der Waals surface area contributed by atoms with Crippen molar-refractivity contribution < 1.29 is 4.42 Å². The van der Waals surface area contributed by atoms with E-state index < -0.39 is 0 Å². The standard InChI is InChI=1S/C10H8ClN5O/c11-10-14-8(7-5-13-16-9(7)15-10)12-4-6-2-1-3-17-6/h1-3,5H,4H2,(H2,12,13,14,15,16). The van der Waals surface area contributed by atoms with Crippen LogP contribution >= 0.6 is 11.6 Å². The van der Waals surface area contributed by atoms with Crippen LogP contribution in [0.25, 0.3) is 11.0 Å². The zero-order valence-electron chi connectivity index (χ0n) is 8.64. The number of halogens is 1. The summed E-state index contributed by atoms with van der Waals surface area (Å²) >= 11 is 5.81. The Morgan fingerprint density at radius 3 is 3.18 bits per heavy atom. The van der Waals surface area contributed by atoms with Gasteiger partial charge in [-0.3, -0.25) is 5.10 Å². The minimum absolute atomic E-state index is 0.170. The van der Waals surface area contributed by atoms with Gasteiger partial charge in [0.05, 0.1) is 24.4 Å². The second-order valence-electron chi connectivity index (χ2n) is 3.41. The molecule has 0 fully saturated rings. The fraction of sp³-hybridized carbons (Fsp3) is 0.100. The van der Waals surface area contributed by atoms with Crippen LogP contribution in [0.1, 0.15) is 5.76 Å².